The summed E-state index contributed by atoms with van der Waals surface area (Å²) in [7, 11) is 1.64. The molecule has 2 heterocycles. The Morgan fingerprint density at radius 1 is 1.52 bits per heavy atom. The number of nitrogens with zero attached hydrogens (tertiary/aromatic N) is 4. The van der Waals surface area contributed by atoms with Crippen molar-refractivity contribution in [1.82, 2.24) is 9.78 Å². The van der Waals surface area contributed by atoms with E-state index < -0.39 is 16.3 Å². The minimum atomic E-state index is -0.764. The molecule has 0 aromatic carbocycles. The Balaban J connectivity index is 2.17. The number of carboxylic acids is 1. The van der Waals surface area contributed by atoms with Gasteiger partial charge in [-0.15, -0.1) is 5.10 Å². The number of anilines is 1. The molecule has 1 aromatic rings. The summed E-state index contributed by atoms with van der Waals surface area (Å²) in [6.07, 6.45) is 3.81. The van der Waals surface area contributed by atoms with Crippen molar-refractivity contribution < 1.29 is 14.8 Å². The molecule has 0 aliphatic carbocycles. The van der Waals surface area contributed by atoms with Crippen LogP contribution in [0.1, 0.15) is 32.6 Å². The predicted molar refractivity (Wildman–Crippen MR) is 76.3 cm³/mol. The summed E-state index contributed by atoms with van der Waals surface area (Å²) in [5.74, 6) is -0.433. The van der Waals surface area contributed by atoms with Gasteiger partial charge in [0.1, 0.15) is 6.20 Å². The first-order valence-electron chi connectivity index (χ1n) is 7.06. The number of hydrogen-bond donors (Lipinski definition) is 1. The van der Waals surface area contributed by atoms with Crippen LogP contribution >= 0.6 is 0 Å². The number of carboxylic acid groups (broad SMARTS) is 1. The van der Waals surface area contributed by atoms with Crippen LogP contribution in [-0.2, 0) is 11.8 Å². The summed E-state index contributed by atoms with van der Waals surface area (Å²) in [6, 6.07) is 0. The molecule has 0 spiro atoms. The van der Waals surface area contributed by atoms with Crippen molar-refractivity contribution in [3.8, 4) is 0 Å². The first-order chi connectivity index (χ1) is 9.89. The van der Waals surface area contributed by atoms with E-state index in [0.717, 1.165) is 6.42 Å². The van der Waals surface area contributed by atoms with Gasteiger partial charge < -0.3 is 10.0 Å². The molecule has 1 aromatic heterocycles. The van der Waals surface area contributed by atoms with Crippen LogP contribution in [0.5, 0.6) is 0 Å². The van der Waals surface area contributed by atoms with E-state index >= 15 is 0 Å². The van der Waals surface area contributed by atoms with Gasteiger partial charge in [0.15, 0.2) is 0 Å². The molecular formula is C13H20N4O4. The monoisotopic (exact) mass is 296 g/mol. The smallest absolute Gasteiger partial charge is 0.330 e. The molecule has 0 unspecified atom stereocenters. The molecule has 1 fully saturated rings. The molecule has 1 aliphatic heterocycles. The Hall–Kier alpha value is -2.12. The summed E-state index contributed by atoms with van der Waals surface area (Å²) in [5, 5.41) is 24.7. The van der Waals surface area contributed by atoms with Gasteiger partial charge in [0.25, 0.3) is 0 Å². The van der Waals surface area contributed by atoms with Crippen LogP contribution in [0.3, 0.4) is 0 Å². The second-order valence-corrected chi connectivity index (χ2v) is 5.59. The van der Waals surface area contributed by atoms with Crippen LogP contribution in [0.2, 0.25) is 0 Å². The van der Waals surface area contributed by atoms with Gasteiger partial charge >= 0.3 is 11.7 Å². The van der Waals surface area contributed by atoms with Crippen LogP contribution in [-0.4, -0.2) is 38.9 Å². The minimum absolute atomic E-state index is 0.0317. The molecule has 0 saturated carbocycles. The average Bonchev–Trinajstić information content (AvgIpc) is 2.82. The molecule has 8 heteroatoms. The third-order valence-corrected chi connectivity index (χ3v) is 4.19. The van der Waals surface area contributed by atoms with E-state index in [1.54, 1.807) is 7.05 Å². The van der Waals surface area contributed by atoms with Crippen LogP contribution in [0.15, 0.2) is 6.20 Å². The molecule has 8 nitrogen and oxygen atoms in total. The number of aryl methyl sites for hydroxylation is 1. The van der Waals surface area contributed by atoms with Crippen molar-refractivity contribution in [3.63, 3.8) is 0 Å². The van der Waals surface area contributed by atoms with Gasteiger partial charge in [0.2, 0.25) is 5.82 Å². The number of carbonyl (C=O) groups is 1. The van der Waals surface area contributed by atoms with Gasteiger partial charge in [0.05, 0.1) is 10.3 Å². The lowest BCUT2D eigenvalue weighted by molar-refractivity contribution is -0.384. The van der Waals surface area contributed by atoms with Gasteiger partial charge in [-0.2, -0.15) is 0 Å². The quantitative estimate of drug-likeness (QED) is 0.656. The zero-order chi connectivity index (χ0) is 15.6. The van der Waals surface area contributed by atoms with Crippen molar-refractivity contribution in [1.29, 1.82) is 0 Å². The molecule has 2 rings (SSSR count). The van der Waals surface area contributed by atoms with E-state index in [4.69, 9.17) is 0 Å². The second-order valence-electron chi connectivity index (χ2n) is 5.59. The first kappa shape index (κ1) is 15.3. The van der Waals surface area contributed by atoms with E-state index in [9.17, 15) is 20.0 Å². The lowest BCUT2D eigenvalue weighted by Crippen LogP contribution is -2.44. The third kappa shape index (κ3) is 2.84. The maximum atomic E-state index is 11.5. The molecule has 21 heavy (non-hydrogen) atoms. The molecule has 116 valence electrons. The van der Waals surface area contributed by atoms with Crippen molar-refractivity contribution in [2.45, 2.75) is 32.6 Å². The van der Waals surface area contributed by atoms with Gasteiger partial charge in [-0.25, -0.2) is 0 Å². The van der Waals surface area contributed by atoms with Crippen LogP contribution in [0.4, 0.5) is 11.5 Å². The Kier molecular flexibility index (Phi) is 4.15. The van der Waals surface area contributed by atoms with Crippen LogP contribution in [0.25, 0.3) is 0 Å². The van der Waals surface area contributed by atoms with Crippen LogP contribution in [0, 0.1) is 15.5 Å². The first-order valence-corrected chi connectivity index (χ1v) is 7.06. The van der Waals surface area contributed by atoms with E-state index in [1.165, 1.54) is 10.9 Å². The van der Waals surface area contributed by atoms with Crippen LogP contribution < -0.4 is 4.90 Å². The fraction of sp³-hybridized carbons (Fsp3) is 0.692. The summed E-state index contributed by atoms with van der Waals surface area (Å²) in [6.45, 7) is 2.93. The lowest BCUT2D eigenvalue weighted by Gasteiger charge is -2.38. The molecule has 0 atom stereocenters. The topological polar surface area (TPSA) is 102 Å². The Bertz CT molecular complexity index is 546. The zero-order valence-corrected chi connectivity index (χ0v) is 12.3. The number of nitro groups is 1. The number of aromatic nitrogens is 2. The third-order valence-electron chi connectivity index (χ3n) is 4.19. The fourth-order valence-electron chi connectivity index (χ4n) is 3.01. The predicted octanol–water partition coefficient (Wildman–Crippen LogP) is 1.80. The molecule has 0 bridgehead atoms. The van der Waals surface area contributed by atoms with E-state index in [0.29, 0.717) is 38.2 Å². The maximum absolute atomic E-state index is 11.5. The van der Waals surface area contributed by atoms with Gasteiger partial charge in [-0.1, -0.05) is 13.3 Å². The number of piperidine rings is 1. The highest BCUT2D eigenvalue weighted by molar-refractivity contribution is 5.75. The maximum Gasteiger partial charge on any atom is 0.330 e. The van der Waals surface area contributed by atoms with E-state index in [2.05, 4.69) is 5.10 Å². The second kappa shape index (κ2) is 5.71. The van der Waals surface area contributed by atoms with E-state index in [-0.39, 0.29) is 5.69 Å². The zero-order valence-electron chi connectivity index (χ0n) is 12.3. The van der Waals surface area contributed by atoms with E-state index in [1.807, 2.05) is 11.8 Å². The Morgan fingerprint density at radius 3 is 2.62 bits per heavy atom. The molecule has 0 radical (unpaired) electrons. The molecular weight excluding hydrogens is 276 g/mol. The summed E-state index contributed by atoms with van der Waals surface area (Å²) < 4.78 is 1.42. The van der Waals surface area contributed by atoms with Crippen molar-refractivity contribution in [2.24, 2.45) is 12.5 Å². The molecule has 1 N–H and O–H groups in total. The Morgan fingerprint density at radius 2 is 2.14 bits per heavy atom. The summed E-state index contributed by atoms with van der Waals surface area (Å²) in [4.78, 5) is 24.0. The van der Waals surface area contributed by atoms with Gasteiger partial charge in [-0.3, -0.25) is 19.6 Å². The average molecular weight is 296 g/mol. The lowest BCUT2D eigenvalue weighted by atomic mass is 9.75. The fourth-order valence-corrected chi connectivity index (χ4v) is 3.01. The SMILES string of the molecule is CCCC1(C(=O)O)CCN(c2nn(C)cc2[N+](=O)[O-])CC1. The number of aliphatic carboxylic acids is 1. The highest BCUT2D eigenvalue weighted by atomic mass is 16.6. The largest absolute Gasteiger partial charge is 0.481 e. The molecule has 1 saturated heterocycles. The minimum Gasteiger partial charge on any atom is -0.481 e. The van der Waals surface area contributed by atoms with Crippen molar-refractivity contribution >= 4 is 17.5 Å². The highest BCUT2D eigenvalue weighted by Gasteiger charge is 2.42. The normalized spacial score (nSPS) is 17.7. The number of hydrogen-bond acceptors (Lipinski definition) is 5. The van der Waals surface area contributed by atoms with Gasteiger partial charge in [0, 0.05) is 20.1 Å². The molecule has 1 aliphatic rings. The van der Waals surface area contributed by atoms with Crippen molar-refractivity contribution in [3.05, 3.63) is 16.3 Å². The van der Waals surface area contributed by atoms with Crippen molar-refractivity contribution in [2.75, 3.05) is 18.0 Å². The number of rotatable bonds is 5. The Labute approximate surface area is 122 Å². The molecule has 0 amide bonds. The van der Waals surface area contributed by atoms with Gasteiger partial charge in [-0.05, 0) is 19.3 Å². The summed E-state index contributed by atoms with van der Waals surface area (Å²) in [5.41, 5.74) is -0.731. The summed E-state index contributed by atoms with van der Waals surface area (Å²) >= 11 is 0. The highest BCUT2D eigenvalue weighted by Crippen LogP contribution is 2.39. The standard InChI is InChI=1S/C13H20N4O4/c1-3-4-13(12(18)19)5-7-16(8-6-13)11-10(17(20)21)9-15(2)14-11/h9H,3-8H2,1-2H3,(H,18,19).